The number of Topliss-reactive ketones (excluding diaryl/α,β-unsaturated/α-hetero) is 2. The van der Waals surface area contributed by atoms with E-state index in [-0.39, 0.29) is 22.4 Å². The van der Waals surface area contributed by atoms with Crippen molar-refractivity contribution in [3.05, 3.63) is 74.8 Å². The highest BCUT2D eigenvalue weighted by Gasteiger charge is 2.38. The van der Waals surface area contributed by atoms with E-state index < -0.39 is 16.5 Å². The predicted molar refractivity (Wildman–Crippen MR) is 90.5 cm³/mol. The topological polar surface area (TPSA) is 80.5 Å². The highest BCUT2D eigenvalue weighted by atomic mass is 16.6. The fraction of sp³-hybridized carbons (Fsp3) is 0.111. The van der Waals surface area contributed by atoms with E-state index in [4.69, 9.17) is 0 Å². The zero-order valence-electron chi connectivity index (χ0n) is 13.1. The van der Waals surface area contributed by atoms with Gasteiger partial charge in [0.25, 0.3) is 5.69 Å². The highest BCUT2D eigenvalue weighted by molar-refractivity contribution is 6.42. The van der Waals surface area contributed by atoms with Gasteiger partial charge in [-0.05, 0) is 29.8 Å². The third-order valence-electron chi connectivity index (χ3n) is 3.92. The first-order valence-electron chi connectivity index (χ1n) is 7.26. The summed E-state index contributed by atoms with van der Waals surface area (Å²) in [5, 5.41) is 11.1. The Morgan fingerprint density at radius 3 is 2.25 bits per heavy atom. The van der Waals surface area contributed by atoms with Crippen LogP contribution in [0, 0.1) is 10.1 Å². The molecule has 3 rings (SSSR count). The molecule has 1 aliphatic carbocycles. The molecule has 0 spiro atoms. The Morgan fingerprint density at radius 1 is 1.00 bits per heavy atom. The highest BCUT2D eigenvalue weighted by Crippen LogP contribution is 2.34. The number of ketones is 2. The molecule has 0 heterocycles. The monoisotopic (exact) mass is 322 g/mol. The number of nitro benzene ring substituents is 1. The third kappa shape index (κ3) is 2.48. The van der Waals surface area contributed by atoms with Crippen molar-refractivity contribution in [2.24, 2.45) is 0 Å². The summed E-state index contributed by atoms with van der Waals surface area (Å²) in [6.45, 7) is 0. The van der Waals surface area contributed by atoms with E-state index in [1.807, 2.05) is 31.1 Å². The van der Waals surface area contributed by atoms with Crippen LogP contribution in [0.25, 0.3) is 6.08 Å². The van der Waals surface area contributed by atoms with Crippen LogP contribution in [0.3, 0.4) is 0 Å². The molecule has 1 aliphatic rings. The molecule has 6 nitrogen and oxygen atoms in total. The van der Waals surface area contributed by atoms with Crippen molar-refractivity contribution in [3.63, 3.8) is 0 Å². The molecule has 0 radical (unpaired) electrons. The summed E-state index contributed by atoms with van der Waals surface area (Å²) >= 11 is 0. The number of allylic oxidation sites excluding steroid dienone is 1. The number of carbonyl (C=O) groups excluding carboxylic acids is 2. The molecule has 6 heteroatoms. The molecule has 2 aromatic rings. The third-order valence-corrected chi connectivity index (χ3v) is 3.92. The van der Waals surface area contributed by atoms with Crippen molar-refractivity contribution in [3.8, 4) is 0 Å². The Balaban J connectivity index is 2.05. The van der Waals surface area contributed by atoms with Gasteiger partial charge in [-0.3, -0.25) is 19.7 Å². The summed E-state index contributed by atoms with van der Waals surface area (Å²) in [7, 11) is 3.82. The number of fused-ring (bicyclic) bond motifs is 1. The average molecular weight is 322 g/mol. The quantitative estimate of drug-likeness (QED) is 0.375. The van der Waals surface area contributed by atoms with Crippen LogP contribution in [0.5, 0.6) is 0 Å². The van der Waals surface area contributed by atoms with E-state index in [1.54, 1.807) is 12.1 Å². The van der Waals surface area contributed by atoms with E-state index in [1.165, 1.54) is 24.3 Å². The lowest BCUT2D eigenvalue weighted by Gasteiger charge is -2.11. The lowest BCUT2D eigenvalue weighted by Crippen LogP contribution is -2.08. The molecular weight excluding hydrogens is 308 g/mol. The van der Waals surface area contributed by atoms with Gasteiger partial charge in [0.05, 0.1) is 10.5 Å². The van der Waals surface area contributed by atoms with Gasteiger partial charge in [0.15, 0.2) is 5.78 Å². The smallest absolute Gasteiger partial charge is 0.281 e. The summed E-state index contributed by atoms with van der Waals surface area (Å²) in [5.41, 5.74) is 1.26. The minimum Gasteiger partial charge on any atom is -0.378 e. The molecule has 0 saturated heterocycles. The number of benzene rings is 2. The van der Waals surface area contributed by atoms with E-state index >= 15 is 0 Å². The maximum absolute atomic E-state index is 12.5. The van der Waals surface area contributed by atoms with Crippen LogP contribution in [0.2, 0.25) is 0 Å². The lowest BCUT2D eigenvalue weighted by atomic mass is 10.1. The first-order valence-corrected chi connectivity index (χ1v) is 7.26. The van der Waals surface area contributed by atoms with Gasteiger partial charge in [-0.1, -0.05) is 18.2 Å². The van der Waals surface area contributed by atoms with Crippen molar-refractivity contribution in [2.45, 2.75) is 0 Å². The Labute approximate surface area is 138 Å². The number of nitro groups is 1. The Morgan fingerprint density at radius 2 is 1.67 bits per heavy atom. The van der Waals surface area contributed by atoms with E-state index in [0.29, 0.717) is 5.56 Å². The second-order valence-electron chi connectivity index (χ2n) is 5.66. The largest absolute Gasteiger partial charge is 0.378 e. The van der Waals surface area contributed by atoms with Crippen molar-refractivity contribution < 1.29 is 14.5 Å². The molecule has 0 fully saturated rings. The predicted octanol–water partition coefficient (Wildman–Crippen LogP) is 3.12. The summed E-state index contributed by atoms with van der Waals surface area (Å²) in [4.78, 5) is 37.3. The Kier molecular flexibility index (Phi) is 3.73. The first kappa shape index (κ1) is 15.6. The molecular formula is C18H14N2O4. The normalized spacial score (nSPS) is 14.8. The fourth-order valence-corrected chi connectivity index (χ4v) is 2.67. The minimum absolute atomic E-state index is 0.0445. The lowest BCUT2D eigenvalue weighted by molar-refractivity contribution is -0.385. The zero-order valence-corrected chi connectivity index (χ0v) is 13.1. The van der Waals surface area contributed by atoms with Gasteiger partial charge >= 0.3 is 0 Å². The number of anilines is 1. The van der Waals surface area contributed by atoms with Gasteiger partial charge in [0, 0.05) is 31.4 Å². The number of hydrogen-bond acceptors (Lipinski definition) is 5. The summed E-state index contributed by atoms with van der Waals surface area (Å²) in [5.74, 6) is -1.07. The van der Waals surface area contributed by atoms with Crippen LogP contribution >= 0.6 is 0 Å². The summed E-state index contributed by atoms with van der Waals surface area (Å²) in [6, 6.07) is 11.4. The zero-order chi connectivity index (χ0) is 17.4. The molecule has 2 aromatic carbocycles. The van der Waals surface area contributed by atoms with E-state index in [9.17, 15) is 19.7 Å². The van der Waals surface area contributed by atoms with Crippen LogP contribution in [0.1, 0.15) is 26.3 Å². The minimum atomic E-state index is -0.640. The number of hydrogen-bond donors (Lipinski definition) is 0. The molecule has 120 valence electrons. The van der Waals surface area contributed by atoms with Crippen LogP contribution in [0.4, 0.5) is 11.4 Å². The molecule has 0 saturated carbocycles. The van der Waals surface area contributed by atoms with Crippen molar-refractivity contribution >= 4 is 29.0 Å². The second kappa shape index (κ2) is 5.73. The average Bonchev–Trinajstić information content (AvgIpc) is 2.80. The van der Waals surface area contributed by atoms with Crippen LogP contribution < -0.4 is 4.90 Å². The molecule has 0 bridgehead atoms. The number of nitrogens with zero attached hydrogens (tertiary/aromatic N) is 2. The van der Waals surface area contributed by atoms with Crippen molar-refractivity contribution in [1.29, 1.82) is 0 Å². The SMILES string of the molecule is CN(C)c1ccc(C=C2C(=O)c3cccc([N+](=O)[O-])c3C2=O)cc1. The van der Waals surface area contributed by atoms with Crippen molar-refractivity contribution in [1.82, 2.24) is 0 Å². The molecule has 24 heavy (non-hydrogen) atoms. The molecule has 0 aromatic heterocycles. The maximum Gasteiger partial charge on any atom is 0.281 e. The summed E-state index contributed by atoms with van der Waals surface area (Å²) in [6.07, 6.45) is 1.48. The first-order chi connectivity index (χ1) is 11.4. The Hall–Kier alpha value is -3.28. The molecule has 0 atom stereocenters. The number of rotatable bonds is 3. The van der Waals surface area contributed by atoms with Crippen LogP contribution in [-0.4, -0.2) is 30.6 Å². The fourth-order valence-electron chi connectivity index (χ4n) is 2.67. The molecule has 0 aliphatic heterocycles. The van der Waals surface area contributed by atoms with Gasteiger partial charge in [-0.15, -0.1) is 0 Å². The van der Waals surface area contributed by atoms with Gasteiger partial charge < -0.3 is 4.90 Å². The second-order valence-corrected chi connectivity index (χ2v) is 5.66. The van der Waals surface area contributed by atoms with Gasteiger partial charge in [-0.25, -0.2) is 0 Å². The molecule has 0 unspecified atom stereocenters. The molecule has 0 N–H and O–H groups in total. The van der Waals surface area contributed by atoms with Gasteiger partial charge in [0.1, 0.15) is 5.56 Å². The standard InChI is InChI=1S/C18H14N2O4/c1-19(2)12-8-6-11(7-9-12)10-14-17(21)13-4-3-5-15(20(23)24)16(13)18(14)22/h3-10H,1-2H3. The van der Waals surface area contributed by atoms with E-state index in [0.717, 1.165) is 5.69 Å². The van der Waals surface area contributed by atoms with Crippen LogP contribution in [0.15, 0.2) is 48.0 Å². The van der Waals surface area contributed by atoms with Crippen LogP contribution in [-0.2, 0) is 0 Å². The Bertz CT molecular complexity index is 896. The maximum atomic E-state index is 12.5. The molecule has 0 amide bonds. The number of carbonyl (C=O) groups is 2. The summed E-state index contributed by atoms with van der Waals surface area (Å²) < 4.78 is 0. The van der Waals surface area contributed by atoms with Gasteiger partial charge in [-0.2, -0.15) is 0 Å². The van der Waals surface area contributed by atoms with Crippen molar-refractivity contribution in [2.75, 3.05) is 19.0 Å². The van der Waals surface area contributed by atoms with Gasteiger partial charge in [0.2, 0.25) is 5.78 Å². The van der Waals surface area contributed by atoms with E-state index in [2.05, 4.69) is 0 Å².